The Hall–Kier alpha value is -3.06. The summed E-state index contributed by atoms with van der Waals surface area (Å²) in [6.45, 7) is 2.73. The Balaban J connectivity index is 1.29. The van der Waals surface area contributed by atoms with E-state index in [9.17, 15) is 0 Å². The minimum Gasteiger partial charge on any atom is -0.481 e. The monoisotopic (exact) mass is 374 g/mol. The van der Waals surface area contributed by atoms with Crippen LogP contribution >= 0.6 is 0 Å². The first-order valence-corrected chi connectivity index (χ1v) is 9.65. The number of benzene rings is 1. The van der Waals surface area contributed by atoms with Gasteiger partial charge in [-0.15, -0.1) is 10.2 Å². The third-order valence-corrected chi connectivity index (χ3v) is 5.34. The van der Waals surface area contributed by atoms with Crippen LogP contribution in [0.15, 0.2) is 48.5 Å². The van der Waals surface area contributed by atoms with Gasteiger partial charge in [0, 0.05) is 24.3 Å². The van der Waals surface area contributed by atoms with Crippen LogP contribution in [0.5, 0.6) is 5.75 Å². The maximum Gasteiger partial charge on any atom is 0.180 e. The number of hydrogen-bond donors (Lipinski definition) is 1. The van der Waals surface area contributed by atoms with Crippen molar-refractivity contribution in [1.82, 2.24) is 30.5 Å². The lowest BCUT2D eigenvalue weighted by molar-refractivity contribution is 0.0236. The molecule has 0 bridgehead atoms. The fourth-order valence-electron chi connectivity index (χ4n) is 4.06. The number of ether oxygens (including phenoxy) is 1. The van der Waals surface area contributed by atoms with E-state index in [0.717, 1.165) is 55.2 Å². The Kier molecular flexibility index (Phi) is 4.37. The van der Waals surface area contributed by atoms with Gasteiger partial charge in [-0.25, -0.2) is 0 Å². The zero-order valence-electron chi connectivity index (χ0n) is 15.6. The minimum atomic E-state index is -0.241. The maximum absolute atomic E-state index is 6.45. The average molecular weight is 374 g/mol. The van der Waals surface area contributed by atoms with Crippen molar-refractivity contribution in [2.75, 3.05) is 13.1 Å². The molecule has 142 valence electrons. The van der Waals surface area contributed by atoms with Gasteiger partial charge in [-0.05, 0) is 43.7 Å². The fraction of sp³-hybridized carbons (Fsp3) is 0.333. The van der Waals surface area contributed by atoms with Crippen molar-refractivity contribution in [3.63, 3.8) is 0 Å². The lowest BCUT2D eigenvalue weighted by Gasteiger charge is -2.42. The molecule has 4 heterocycles. The van der Waals surface area contributed by atoms with Gasteiger partial charge in [-0.2, -0.15) is 5.21 Å². The second-order valence-corrected chi connectivity index (χ2v) is 7.48. The van der Waals surface area contributed by atoms with Gasteiger partial charge in [-0.1, -0.05) is 35.6 Å². The van der Waals surface area contributed by atoms with Crippen LogP contribution in [0.25, 0.3) is 6.08 Å². The molecule has 1 fully saturated rings. The lowest BCUT2D eigenvalue weighted by atomic mass is 9.89. The molecular weight excluding hydrogens is 352 g/mol. The molecule has 1 atom stereocenters. The number of likely N-dealkylation sites (tertiary alicyclic amines) is 1. The minimum absolute atomic E-state index is 0.241. The SMILES string of the molecule is C1=CC2(CCCN(Cc3cccc(Cc4nn[nH]n4)n3)C2)Oc2ccccc21. The van der Waals surface area contributed by atoms with Gasteiger partial charge in [-0.3, -0.25) is 9.88 Å². The zero-order chi connectivity index (χ0) is 18.8. The van der Waals surface area contributed by atoms with Gasteiger partial charge >= 0.3 is 0 Å². The molecule has 5 rings (SSSR count). The summed E-state index contributed by atoms with van der Waals surface area (Å²) in [6, 6.07) is 14.4. The van der Waals surface area contributed by atoms with Crippen molar-refractivity contribution < 1.29 is 4.74 Å². The van der Waals surface area contributed by atoms with Gasteiger partial charge in [0.25, 0.3) is 0 Å². The second-order valence-electron chi connectivity index (χ2n) is 7.48. The maximum atomic E-state index is 6.45. The summed E-state index contributed by atoms with van der Waals surface area (Å²) < 4.78 is 6.45. The number of aromatic amines is 1. The molecule has 1 unspecified atom stereocenters. The molecule has 1 aromatic carbocycles. The number of piperidine rings is 1. The number of H-pyrrole nitrogens is 1. The number of pyridine rings is 1. The van der Waals surface area contributed by atoms with Crippen LogP contribution in [0.2, 0.25) is 0 Å². The normalized spacial score (nSPS) is 21.4. The number of fused-ring (bicyclic) bond motifs is 1. The summed E-state index contributed by atoms with van der Waals surface area (Å²) in [5.41, 5.74) is 2.92. The highest BCUT2D eigenvalue weighted by Crippen LogP contribution is 2.36. The third-order valence-electron chi connectivity index (χ3n) is 5.34. The summed E-state index contributed by atoms with van der Waals surface area (Å²) in [5, 5.41) is 14.1. The van der Waals surface area contributed by atoms with E-state index in [1.807, 2.05) is 24.3 Å². The Morgan fingerprint density at radius 2 is 2.04 bits per heavy atom. The van der Waals surface area contributed by atoms with Crippen LogP contribution in [0.1, 0.15) is 35.6 Å². The molecule has 0 radical (unpaired) electrons. The Morgan fingerprint density at radius 1 is 1.11 bits per heavy atom. The van der Waals surface area contributed by atoms with E-state index in [-0.39, 0.29) is 5.60 Å². The van der Waals surface area contributed by atoms with Crippen LogP contribution < -0.4 is 4.74 Å². The Labute approximate surface area is 163 Å². The zero-order valence-corrected chi connectivity index (χ0v) is 15.6. The number of nitrogens with zero attached hydrogens (tertiary/aromatic N) is 5. The van der Waals surface area contributed by atoms with Gasteiger partial charge in [0.2, 0.25) is 0 Å². The second kappa shape index (κ2) is 7.16. The van der Waals surface area contributed by atoms with Crippen molar-refractivity contribution in [2.24, 2.45) is 0 Å². The third kappa shape index (κ3) is 3.53. The fourth-order valence-corrected chi connectivity index (χ4v) is 4.06. The Morgan fingerprint density at radius 3 is 2.96 bits per heavy atom. The highest BCUT2D eigenvalue weighted by Gasteiger charge is 2.37. The van der Waals surface area contributed by atoms with Crippen molar-refractivity contribution in [1.29, 1.82) is 0 Å². The van der Waals surface area contributed by atoms with E-state index in [1.54, 1.807) is 0 Å². The van der Waals surface area contributed by atoms with Gasteiger partial charge < -0.3 is 4.74 Å². The predicted octanol–water partition coefficient (Wildman–Crippen LogP) is 2.63. The van der Waals surface area contributed by atoms with Gasteiger partial charge in [0.05, 0.1) is 12.1 Å². The lowest BCUT2D eigenvalue weighted by Crippen LogP contribution is -2.51. The smallest absolute Gasteiger partial charge is 0.180 e. The molecule has 0 aliphatic carbocycles. The van der Waals surface area contributed by atoms with Crippen LogP contribution in [0.4, 0.5) is 0 Å². The van der Waals surface area contributed by atoms with Gasteiger partial charge in [0.1, 0.15) is 11.4 Å². The van der Waals surface area contributed by atoms with Gasteiger partial charge in [0.15, 0.2) is 5.82 Å². The first-order chi connectivity index (χ1) is 13.8. The van der Waals surface area contributed by atoms with Crippen LogP contribution in [-0.4, -0.2) is 49.2 Å². The molecule has 0 saturated carbocycles. The molecule has 1 saturated heterocycles. The molecule has 2 aromatic heterocycles. The molecule has 2 aliphatic rings. The number of hydrogen-bond acceptors (Lipinski definition) is 6. The van der Waals surface area contributed by atoms with Crippen LogP contribution in [-0.2, 0) is 13.0 Å². The molecule has 1 N–H and O–H groups in total. The van der Waals surface area contributed by atoms with E-state index in [4.69, 9.17) is 9.72 Å². The Bertz CT molecular complexity index is 986. The average Bonchev–Trinajstić information content (AvgIpc) is 3.21. The molecule has 7 heteroatoms. The van der Waals surface area contributed by atoms with Crippen molar-refractivity contribution >= 4 is 6.08 Å². The van der Waals surface area contributed by atoms with E-state index in [0.29, 0.717) is 12.2 Å². The largest absolute Gasteiger partial charge is 0.481 e. The van der Waals surface area contributed by atoms with Crippen LogP contribution in [0, 0.1) is 0 Å². The number of nitrogens with one attached hydrogen (secondary N) is 1. The quantitative estimate of drug-likeness (QED) is 0.756. The van der Waals surface area contributed by atoms with E-state index < -0.39 is 0 Å². The van der Waals surface area contributed by atoms with Crippen molar-refractivity contribution in [3.8, 4) is 5.75 Å². The number of aromatic nitrogens is 5. The molecular formula is C21H22N6O. The van der Waals surface area contributed by atoms with E-state index in [1.165, 1.54) is 0 Å². The molecule has 2 aliphatic heterocycles. The molecule has 28 heavy (non-hydrogen) atoms. The summed E-state index contributed by atoms with van der Waals surface area (Å²) >= 11 is 0. The van der Waals surface area contributed by atoms with Crippen molar-refractivity contribution in [3.05, 3.63) is 71.3 Å². The highest BCUT2D eigenvalue weighted by atomic mass is 16.5. The topological polar surface area (TPSA) is 79.8 Å². The summed E-state index contributed by atoms with van der Waals surface area (Å²) in [4.78, 5) is 7.22. The van der Waals surface area contributed by atoms with Crippen LogP contribution in [0.3, 0.4) is 0 Å². The molecule has 3 aromatic rings. The van der Waals surface area contributed by atoms with Crippen molar-refractivity contribution in [2.45, 2.75) is 31.4 Å². The molecule has 1 spiro atoms. The number of tetrazole rings is 1. The predicted molar refractivity (Wildman–Crippen MR) is 105 cm³/mol. The van der Waals surface area contributed by atoms with E-state index >= 15 is 0 Å². The first-order valence-electron chi connectivity index (χ1n) is 9.65. The summed E-state index contributed by atoms with van der Waals surface area (Å²) in [5.74, 6) is 1.63. The standard InChI is InChI=1S/C21H22N6O/c1-2-8-19-16(5-1)9-11-21(28-19)10-4-12-27(15-21)14-18-7-3-6-17(22-18)13-20-23-25-26-24-20/h1-3,5-9,11H,4,10,12-15H2,(H,23,24,25,26). The molecule has 7 nitrogen and oxygen atoms in total. The van der Waals surface area contributed by atoms with E-state index in [2.05, 4.69) is 55.9 Å². The number of rotatable bonds is 4. The summed E-state index contributed by atoms with van der Waals surface area (Å²) in [7, 11) is 0. The molecule has 0 amide bonds. The number of para-hydroxylation sites is 1. The first kappa shape index (κ1) is 17.1. The summed E-state index contributed by atoms with van der Waals surface area (Å²) in [6.07, 6.45) is 7.17. The highest BCUT2D eigenvalue weighted by molar-refractivity contribution is 5.61.